The first-order valence-corrected chi connectivity index (χ1v) is 49.9. The Balaban J connectivity index is 0.000000212. The van der Waals surface area contributed by atoms with Crippen LogP contribution in [0, 0.1) is 71.7 Å². The summed E-state index contributed by atoms with van der Waals surface area (Å²) in [5, 5.41) is 38.2. The third kappa shape index (κ3) is 25.6. The summed E-state index contributed by atoms with van der Waals surface area (Å²) in [6.45, 7) is 62.4. The third-order valence-electron chi connectivity index (χ3n) is 27.3. The number of likely N-dealkylation sites (tertiary alicyclic amines) is 2. The maximum absolute atomic E-state index is 13.9. The third-order valence-corrected chi connectivity index (χ3v) is 28.5. The van der Waals surface area contributed by atoms with Crippen molar-refractivity contribution in [2.24, 2.45) is 22.7 Å². The number of carbonyl (C=O) groups is 5. The molecule has 3 spiro atoms. The molecule has 7 aromatic heterocycles. The van der Waals surface area contributed by atoms with Crippen molar-refractivity contribution in [1.29, 1.82) is 0 Å². The summed E-state index contributed by atoms with van der Waals surface area (Å²) >= 11 is 22.2. The van der Waals surface area contributed by atoms with Crippen LogP contribution in [0.1, 0.15) is 190 Å². The molecule has 19 rings (SSSR count). The number of aryl methyl sites for hydroxylation is 4. The van der Waals surface area contributed by atoms with Gasteiger partial charge in [0.05, 0.1) is 57.4 Å². The first kappa shape index (κ1) is 115. The summed E-state index contributed by atoms with van der Waals surface area (Å²) < 4.78 is 49.3. The highest BCUT2D eigenvalue weighted by Crippen LogP contribution is 2.52. The molecule has 3 aliphatic carbocycles. The lowest BCUT2D eigenvalue weighted by Crippen LogP contribution is -2.55. The molecule has 40 heteroatoms. The van der Waals surface area contributed by atoms with Gasteiger partial charge in [-0.25, -0.2) is 4.79 Å². The number of carbonyl (C=O) groups excluding carboxylic acids is 5. The number of thiocarbonyl (C=S) groups is 4. The number of aromatic nitrogens is 10. The van der Waals surface area contributed by atoms with Gasteiger partial charge in [0.2, 0.25) is 6.29 Å². The van der Waals surface area contributed by atoms with E-state index in [-0.39, 0.29) is 38.7 Å². The fraction of sp³-hybridized carbons (Fsp3) is 0.491. The first-order valence-electron chi connectivity index (χ1n) is 48.9. The molecule has 33 nitrogen and oxygen atoms in total. The number of piperidine rings is 3. The zero-order chi connectivity index (χ0) is 106. The molecule has 0 bridgehead atoms. The van der Waals surface area contributed by atoms with Crippen LogP contribution in [0.4, 0.5) is 81.0 Å². The number of halogens is 3. The maximum atomic E-state index is 13.9. The minimum atomic E-state index is -4.64. The molecular weight excluding hydrogens is 1940 g/mol. The number of nitrogens with one attached hydrogen (secondary N) is 1. The van der Waals surface area contributed by atoms with Crippen LogP contribution in [0.15, 0.2) is 127 Å². The van der Waals surface area contributed by atoms with Crippen molar-refractivity contribution in [3.63, 3.8) is 0 Å². The van der Waals surface area contributed by atoms with E-state index in [0.29, 0.717) is 105 Å². The van der Waals surface area contributed by atoms with E-state index in [2.05, 4.69) is 168 Å². The quantitative estimate of drug-likeness (QED) is 0.0350. The molecule has 10 aromatic rings. The van der Waals surface area contributed by atoms with E-state index in [0.717, 1.165) is 197 Å². The van der Waals surface area contributed by atoms with E-state index in [9.17, 15) is 32.3 Å². The van der Waals surface area contributed by atoms with Gasteiger partial charge in [0, 0.05) is 81.5 Å². The number of nitrogens with zero attached hydrogens (tertiary/aromatic N) is 24. The van der Waals surface area contributed by atoms with Crippen molar-refractivity contribution in [2.75, 3.05) is 110 Å². The SMILES string of the molecule is C.C.CCN(CC)CC.CO.CO.O=CC(F)(F)F.[2H]CC.[C-]#[N+]c1ncc(N2C(=O)C3(CCC3)N(c3ccc4c(cnn4CC4CCN(C(=O)OC(C)(C)C)CC4)c3)C2=S)cc1C.[C-]#[N+]c1ncc(N2C(=O)C3(CCC3)N(c3ccc4c(cnn4CC4CCN(C)CC4)c3)C2=S)cc1C.[C-]#[N+]c1ncc(N2C(=O)C3(CCC3)N(c3ccc4c(cnn4CC4CCNCC4)c3)C2=S)cc1C.[C-]#[N+]c1ncc(N=C=S)cc1C. The second-order valence-electron chi connectivity index (χ2n) is 37.3. The van der Waals surface area contributed by atoms with Gasteiger partial charge < -0.3 is 69.0 Å². The predicted molar refractivity (Wildman–Crippen MR) is 585 cm³/mol. The molecule has 6 saturated heterocycles. The Morgan fingerprint density at radius 3 is 1.09 bits per heavy atom. The van der Waals surface area contributed by atoms with Crippen LogP contribution in [0.5, 0.6) is 0 Å². The standard InChI is InChI=1S/C31H35N7O3S.C27H29N7OS.C26H27N7OS.C8H5N3S.C6H15N.C2HF3O.C2H6.2CH4O.2CH4/c1-20-15-24(18-33-26(20)32-5)37-27(39)31(11-6-12-31)38(28(37)42)23-7-8-25-22(16-23)17-34-36(25)19-21-9-13-35(14-10-21)29(40)41-30(2,3)4;1-18-13-22(16-29-24(18)28-2)33-25(35)27(9-4-10-27)34(26(33)36)21-5-6-23-20(14-21)15-30-32(23)17-19-7-11-31(3)12-8-19;1-17-12-21(15-29-23(17)27-2)32-24(34)26(8-3-9-26)33(25(32)35)20-4-5-22-19(13-20)14-30-31(22)16-18-6-10-28-11-7-18;1-6-3-7(11-5-12)4-10-8(6)9-2;1-4-7(5-2)6-3;3-2(4,5)1-6;3*1-2;;/h7-8,15-18,21H,6,9-14,19H2,1-4H3;5-6,13-16,19H,4,7-12,17H2,1,3H3;4-5,12-15,18,28H,3,6-11,16H2,1H3;3-4H,1H3;4-6H2,1-3H3;1H;1-2H3;2*2H,1H3;2*1H4/i;;;;;;1D;;;;. The highest BCUT2D eigenvalue weighted by molar-refractivity contribution is 7.81. The van der Waals surface area contributed by atoms with E-state index in [1.165, 1.54) is 51.5 Å². The fourth-order valence-corrected chi connectivity index (χ4v) is 20.7. The molecule has 9 fully saturated rings. The van der Waals surface area contributed by atoms with Gasteiger partial charge in [-0.05, 0) is 365 Å². The van der Waals surface area contributed by atoms with Crippen molar-refractivity contribution in [2.45, 2.75) is 242 Å². The number of hydrogen-bond donors (Lipinski definition) is 3. The molecular formula is C106H134F3N25O8S4. The Labute approximate surface area is 877 Å². The number of aldehydes is 1. The summed E-state index contributed by atoms with van der Waals surface area (Å²) in [6, 6.07) is 26.0. The van der Waals surface area contributed by atoms with Gasteiger partial charge in [0.15, 0.2) is 15.3 Å². The Morgan fingerprint density at radius 1 is 0.527 bits per heavy atom. The number of pyridine rings is 4. The molecule has 9 aliphatic rings. The highest BCUT2D eigenvalue weighted by atomic mass is 32.1. The average Bonchev–Trinajstić information content (AvgIpc) is 1.56. The highest BCUT2D eigenvalue weighted by Gasteiger charge is 2.63. The zero-order valence-electron chi connectivity index (χ0n) is 85.0. The normalized spacial score (nSPS) is 17.1. The van der Waals surface area contributed by atoms with Crippen LogP contribution >= 0.6 is 48.9 Å². The van der Waals surface area contributed by atoms with Gasteiger partial charge in [-0.15, -0.1) is 19.9 Å². The number of rotatable bonds is 16. The van der Waals surface area contributed by atoms with Crippen LogP contribution in [0.25, 0.3) is 52.1 Å². The van der Waals surface area contributed by atoms with E-state index in [1.807, 2.05) is 111 Å². The molecule has 3 aromatic carbocycles. The van der Waals surface area contributed by atoms with Crippen LogP contribution in [-0.2, 0) is 43.5 Å². The van der Waals surface area contributed by atoms with Crippen LogP contribution in [-0.4, -0.2) is 233 Å². The number of aliphatic hydroxyl groups is 2. The Kier molecular flexibility index (Phi) is 40.9. The number of fused-ring (bicyclic) bond motifs is 3. The first-order chi connectivity index (χ1) is 69.5. The topological polar surface area (TPSA) is 311 Å². The lowest BCUT2D eigenvalue weighted by Gasteiger charge is -2.43. The smallest absolute Gasteiger partial charge is 0.444 e. The number of isothiocyanates is 1. The molecule has 0 unspecified atom stereocenters. The van der Waals surface area contributed by atoms with Gasteiger partial charge in [-0.3, -0.25) is 47.9 Å². The summed E-state index contributed by atoms with van der Waals surface area (Å²) in [6.07, 6.45) is 20.0. The van der Waals surface area contributed by atoms with Crippen molar-refractivity contribution < 1.29 is 53.5 Å². The lowest BCUT2D eigenvalue weighted by molar-refractivity contribution is -0.156. The van der Waals surface area contributed by atoms with Crippen LogP contribution in [0.3, 0.4) is 0 Å². The molecule has 0 radical (unpaired) electrons. The van der Waals surface area contributed by atoms with Crippen molar-refractivity contribution >= 4 is 195 Å². The summed E-state index contributed by atoms with van der Waals surface area (Å²) in [7, 11) is 4.19. The van der Waals surface area contributed by atoms with Gasteiger partial charge in [-0.1, -0.05) is 75.7 Å². The van der Waals surface area contributed by atoms with Crippen LogP contribution < -0.4 is 34.7 Å². The van der Waals surface area contributed by atoms with Gasteiger partial charge in [0.1, 0.15) is 52.7 Å². The molecule has 6 aliphatic heterocycles. The second-order valence-corrected chi connectivity index (χ2v) is 38.5. The van der Waals surface area contributed by atoms with E-state index < -0.39 is 34.7 Å². The van der Waals surface area contributed by atoms with E-state index in [1.54, 1.807) is 51.2 Å². The van der Waals surface area contributed by atoms with E-state index >= 15 is 0 Å². The number of ether oxygens (including phenoxy) is 1. The summed E-state index contributed by atoms with van der Waals surface area (Å²) in [4.78, 5) is 114. The summed E-state index contributed by atoms with van der Waals surface area (Å²) in [5.41, 5.74) is 8.91. The molecule has 146 heavy (non-hydrogen) atoms. The van der Waals surface area contributed by atoms with Crippen LogP contribution in [0.2, 0.25) is 0 Å². The Bertz CT molecular complexity index is 6570. The average molecular weight is 2070 g/mol. The van der Waals surface area contributed by atoms with Crippen molar-refractivity contribution in [3.05, 3.63) is 190 Å². The zero-order valence-corrected chi connectivity index (χ0v) is 87.3. The maximum Gasteiger partial charge on any atom is 0.446 e. The number of amides is 4. The summed E-state index contributed by atoms with van der Waals surface area (Å²) in [5.74, 6) is 3.05. The molecule has 776 valence electrons. The van der Waals surface area contributed by atoms with E-state index in [4.69, 9.17) is 94.3 Å². The van der Waals surface area contributed by atoms with Crippen molar-refractivity contribution in [3.8, 4) is 0 Å². The number of aliphatic imine (C=N–C) groups is 1. The number of aliphatic hydroxyl groups excluding tert-OH is 2. The Morgan fingerprint density at radius 2 is 0.829 bits per heavy atom. The monoisotopic (exact) mass is 2070 g/mol. The van der Waals surface area contributed by atoms with Crippen molar-refractivity contribution in [1.82, 2.24) is 69.3 Å². The van der Waals surface area contributed by atoms with Gasteiger partial charge >= 0.3 is 12.3 Å². The van der Waals surface area contributed by atoms with Gasteiger partial charge in [-0.2, -0.15) is 33.5 Å². The molecule has 4 amide bonds. The molecule has 3 saturated carbocycles. The Hall–Kier alpha value is -13.0. The minimum absolute atomic E-state index is 0. The molecule has 3 N–H and O–H groups in total. The largest absolute Gasteiger partial charge is 0.446 e. The number of hydrogen-bond acceptors (Lipinski definition) is 23. The fourth-order valence-electron chi connectivity index (χ4n) is 19.2. The molecule has 13 heterocycles. The number of benzene rings is 3. The molecule has 0 atom stereocenters. The minimum Gasteiger partial charge on any atom is -0.444 e. The number of anilines is 6. The van der Waals surface area contributed by atoms with Gasteiger partial charge in [0.25, 0.3) is 41.0 Å². The number of alkyl halides is 3. The lowest BCUT2D eigenvalue weighted by atomic mass is 9.75. The predicted octanol–water partition coefficient (Wildman–Crippen LogP) is 21.3. The second kappa shape index (κ2) is 51.9.